The Bertz CT molecular complexity index is 589. The van der Waals surface area contributed by atoms with Crippen LogP contribution >= 0.6 is 0 Å². The van der Waals surface area contributed by atoms with Gasteiger partial charge in [-0.25, -0.2) is 4.79 Å². The first-order valence-corrected chi connectivity index (χ1v) is 5.71. The highest BCUT2D eigenvalue weighted by Crippen LogP contribution is 2.14. The Kier molecular flexibility index (Phi) is 3.66. The smallest absolute Gasteiger partial charge is 0.330 e. The van der Waals surface area contributed by atoms with Gasteiger partial charge in [-0.2, -0.15) is 0 Å². The summed E-state index contributed by atoms with van der Waals surface area (Å²) in [6.07, 6.45) is 1.30. The molecule has 0 aliphatic carbocycles. The van der Waals surface area contributed by atoms with Gasteiger partial charge in [0.25, 0.3) is 5.91 Å². The minimum absolute atomic E-state index is 0.305. The zero-order chi connectivity index (χ0) is 13.8. The summed E-state index contributed by atoms with van der Waals surface area (Å²) in [6.45, 7) is 1.71. The van der Waals surface area contributed by atoms with Gasteiger partial charge >= 0.3 is 5.97 Å². The molecule has 0 radical (unpaired) electrons. The zero-order valence-electron chi connectivity index (χ0n) is 10.3. The number of nitrogens with one attached hydrogen (secondary N) is 1. The number of hydrogen-bond donors (Lipinski definition) is 2. The van der Waals surface area contributed by atoms with Crippen LogP contribution in [0.25, 0.3) is 0 Å². The highest BCUT2D eigenvalue weighted by atomic mass is 16.4. The van der Waals surface area contributed by atoms with Crippen molar-refractivity contribution in [1.82, 2.24) is 5.32 Å². The van der Waals surface area contributed by atoms with Gasteiger partial charge in [-0.3, -0.25) is 4.79 Å². The maximum atomic E-state index is 11.9. The van der Waals surface area contributed by atoms with Gasteiger partial charge in [-0.15, -0.1) is 0 Å². The molecule has 0 aliphatic rings. The summed E-state index contributed by atoms with van der Waals surface area (Å²) >= 11 is 0. The molecular formula is C14H13NO4. The summed E-state index contributed by atoms with van der Waals surface area (Å²) in [7, 11) is 0. The quantitative estimate of drug-likeness (QED) is 0.881. The third kappa shape index (κ3) is 3.01. The Morgan fingerprint density at radius 1 is 1.26 bits per heavy atom. The molecule has 1 aromatic heterocycles. The number of carboxylic acid groups (broad SMARTS) is 1. The topological polar surface area (TPSA) is 79.5 Å². The van der Waals surface area contributed by atoms with Gasteiger partial charge < -0.3 is 14.8 Å². The lowest BCUT2D eigenvalue weighted by molar-refractivity contribution is -0.139. The molecule has 2 rings (SSSR count). The summed E-state index contributed by atoms with van der Waals surface area (Å²) in [6, 6.07) is 9.00. The van der Waals surface area contributed by atoms with E-state index >= 15 is 0 Å². The van der Waals surface area contributed by atoms with Crippen molar-refractivity contribution < 1.29 is 19.1 Å². The van der Waals surface area contributed by atoms with E-state index in [9.17, 15) is 14.7 Å². The molecular weight excluding hydrogens is 246 g/mol. The predicted molar refractivity (Wildman–Crippen MR) is 67.7 cm³/mol. The van der Waals surface area contributed by atoms with Crippen LogP contribution in [0.1, 0.15) is 27.7 Å². The third-order valence-corrected chi connectivity index (χ3v) is 2.65. The van der Waals surface area contributed by atoms with Crippen molar-refractivity contribution in [2.45, 2.75) is 13.0 Å². The van der Waals surface area contributed by atoms with Crippen LogP contribution in [0.4, 0.5) is 0 Å². The van der Waals surface area contributed by atoms with Gasteiger partial charge in [-0.05, 0) is 18.6 Å². The van der Waals surface area contributed by atoms with Crippen molar-refractivity contribution in [3.05, 3.63) is 59.5 Å². The largest absolute Gasteiger partial charge is 0.479 e. The summed E-state index contributed by atoms with van der Waals surface area (Å²) in [5.74, 6) is -0.996. The van der Waals surface area contributed by atoms with Crippen LogP contribution in [0.5, 0.6) is 0 Å². The zero-order valence-corrected chi connectivity index (χ0v) is 10.3. The molecule has 1 heterocycles. The lowest BCUT2D eigenvalue weighted by atomic mass is 10.1. The lowest BCUT2D eigenvalue weighted by Crippen LogP contribution is -2.33. The molecule has 0 bridgehead atoms. The fourth-order valence-corrected chi connectivity index (χ4v) is 1.71. The first kappa shape index (κ1) is 12.9. The number of benzene rings is 1. The van der Waals surface area contributed by atoms with Gasteiger partial charge in [-0.1, -0.05) is 30.3 Å². The molecule has 0 saturated carbocycles. The van der Waals surface area contributed by atoms with Crippen LogP contribution in [0.3, 0.4) is 0 Å². The Labute approximate surface area is 109 Å². The molecule has 0 unspecified atom stereocenters. The van der Waals surface area contributed by atoms with Gasteiger partial charge in [0.2, 0.25) is 0 Å². The van der Waals surface area contributed by atoms with Crippen LogP contribution < -0.4 is 5.32 Å². The Hall–Kier alpha value is -2.56. The molecule has 1 amide bonds. The van der Waals surface area contributed by atoms with Crippen molar-refractivity contribution in [1.29, 1.82) is 0 Å². The lowest BCUT2D eigenvalue weighted by Gasteiger charge is -2.14. The fraction of sp³-hybridized carbons (Fsp3) is 0.143. The number of furan rings is 1. The fourth-order valence-electron chi connectivity index (χ4n) is 1.71. The van der Waals surface area contributed by atoms with Gasteiger partial charge in [0.05, 0.1) is 5.56 Å². The number of aryl methyl sites for hydroxylation is 1. The van der Waals surface area contributed by atoms with Crippen molar-refractivity contribution in [2.24, 2.45) is 0 Å². The van der Waals surface area contributed by atoms with E-state index in [0.29, 0.717) is 16.9 Å². The van der Waals surface area contributed by atoms with E-state index in [1.165, 1.54) is 6.26 Å². The van der Waals surface area contributed by atoms with Crippen molar-refractivity contribution >= 4 is 11.9 Å². The van der Waals surface area contributed by atoms with Gasteiger partial charge in [0.15, 0.2) is 6.04 Å². The molecule has 2 N–H and O–H groups in total. The van der Waals surface area contributed by atoms with Crippen LogP contribution in [0.2, 0.25) is 0 Å². The summed E-state index contributed by atoms with van der Waals surface area (Å²) in [5, 5.41) is 11.7. The highest BCUT2D eigenvalue weighted by molar-refractivity contribution is 5.96. The summed E-state index contributed by atoms with van der Waals surface area (Å²) in [5.41, 5.74) is 0.822. The molecule has 0 saturated heterocycles. The summed E-state index contributed by atoms with van der Waals surface area (Å²) in [4.78, 5) is 23.1. The number of rotatable bonds is 4. The summed E-state index contributed by atoms with van der Waals surface area (Å²) < 4.78 is 5.03. The third-order valence-electron chi connectivity index (χ3n) is 2.65. The molecule has 0 aliphatic heterocycles. The second kappa shape index (κ2) is 5.39. The van der Waals surface area contributed by atoms with E-state index in [0.717, 1.165) is 0 Å². The molecule has 1 atom stereocenters. The molecule has 0 spiro atoms. The van der Waals surface area contributed by atoms with Crippen molar-refractivity contribution in [2.75, 3.05) is 0 Å². The Morgan fingerprint density at radius 2 is 1.95 bits per heavy atom. The monoisotopic (exact) mass is 259 g/mol. The van der Waals surface area contributed by atoms with E-state index in [1.807, 2.05) is 0 Å². The molecule has 5 heteroatoms. The van der Waals surface area contributed by atoms with E-state index in [1.54, 1.807) is 43.3 Å². The van der Waals surface area contributed by atoms with Crippen molar-refractivity contribution in [3.63, 3.8) is 0 Å². The average Bonchev–Trinajstić information content (AvgIpc) is 2.83. The number of carboxylic acids is 1. The number of carbonyl (C=O) groups is 2. The van der Waals surface area contributed by atoms with Crippen molar-refractivity contribution in [3.8, 4) is 0 Å². The maximum Gasteiger partial charge on any atom is 0.330 e. The number of hydrogen-bond acceptors (Lipinski definition) is 3. The normalized spacial score (nSPS) is 11.8. The minimum atomic E-state index is -1.11. The van der Waals surface area contributed by atoms with E-state index < -0.39 is 17.9 Å². The Morgan fingerprint density at radius 3 is 2.47 bits per heavy atom. The molecule has 19 heavy (non-hydrogen) atoms. The van der Waals surface area contributed by atoms with E-state index in [4.69, 9.17) is 4.42 Å². The van der Waals surface area contributed by atoms with Crippen LogP contribution in [0, 0.1) is 6.92 Å². The molecule has 2 aromatic rings. The van der Waals surface area contributed by atoms with E-state index in [-0.39, 0.29) is 0 Å². The number of amides is 1. The van der Waals surface area contributed by atoms with Crippen LogP contribution in [-0.2, 0) is 4.79 Å². The first-order valence-electron chi connectivity index (χ1n) is 5.71. The van der Waals surface area contributed by atoms with Crippen LogP contribution in [-0.4, -0.2) is 17.0 Å². The predicted octanol–water partition coefficient (Wildman–Crippen LogP) is 2.14. The van der Waals surface area contributed by atoms with Crippen LogP contribution in [0.15, 0.2) is 47.1 Å². The Balaban J connectivity index is 2.18. The second-order valence-electron chi connectivity index (χ2n) is 4.10. The molecule has 0 fully saturated rings. The first-order chi connectivity index (χ1) is 9.08. The van der Waals surface area contributed by atoms with Gasteiger partial charge in [0, 0.05) is 0 Å². The number of aliphatic carboxylic acids is 1. The second-order valence-corrected chi connectivity index (χ2v) is 4.10. The number of carbonyl (C=O) groups excluding carboxylic acids is 1. The highest BCUT2D eigenvalue weighted by Gasteiger charge is 2.22. The van der Waals surface area contributed by atoms with Gasteiger partial charge in [0.1, 0.15) is 12.0 Å². The molecule has 5 nitrogen and oxygen atoms in total. The van der Waals surface area contributed by atoms with E-state index in [2.05, 4.69) is 5.32 Å². The molecule has 1 aromatic carbocycles. The molecule has 98 valence electrons. The standard InChI is InChI=1S/C14H13NO4/c1-9-7-11(8-19-9)13(16)15-12(14(17)18)10-5-3-2-4-6-10/h2-8,12H,1H3,(H,15,16)(H,17,18)/t12-/m0/s1. The average molecular weight is 259 g/mol. The SMILES string of the molecule is Cc1cc(C(=O)N[C@H](C(=O)O)c2ccccc2)co1. The minimum Gasteiger partial charge on any atom is -0.479 e. The maximum absolute atomic E-state index is 11.9.